The van der Waals surface area contributed by atoms with Gasteiger partial charge in [-0.2, -0.15) is 0 Å². The number of rotatable bonds is 4. The van der Waals surface area contributed by atoms with Gasteiger partial charge in [-0.3, -0.25) is 0 Å². The third-order valence-corrected chi connectivity index (χ3v) is 3.22. The van der Waals surface area contributed by atoms with Crippen LogP contribution >= 0.6 is 11.6 Å². The first kappa shape index (κ1) is 11.5. The number of aliphatic imine (C=N–C) groups is 1. The fraction of sp³-hybridized carbons (Fsp3) is 0.462. The van der Waals surface area contributed by atoms with E-state index in [9.17, 15) is 0 Å². The molecule has 0 bridgehead atoms. The summed E-state index contributed by atoms with van der Waals surface area (Å²) in [7, 11) is 0. The molecule has 0 saturated heterocycles. The first-order valence-electron chi connectivity index (χ1n) is 5.61. The minimum absolute atomic E-state index is 0.264. The van der Waals surface area contributed by atoms with E-state index in [2.05, 4.69) is 30.4 Å². The van der Waals surface area contributed by atoms with E-state index in [-0.39, 0.29) is 6.04 Å². The molecule has 2 unspecified atom stereocenters. The molecule has 1 aromatic carbocycles. The van der Waals surface area contributed by atoms with E-state index in [0.717, 1.165) is 17.9 Å². The number of benzene rings is 1. The first-order valence-corrected chi connectivity index (χ1v) is 5.99. The lowest BCUT2D eigenvalue weighted by atomic mass is 9.90. The molecule has 0 N–H and O–H groups in total. The maximum atomic E-state index is 5.88. The van der Waals surface area contributed by atoms with Gasteiger partial charge in [-0.1, -0.05) is 30.7 Å². The Hall–Kier alpha value is -1.02. The first-order chi connectivity index (χ1) is 7.79. The fourth-order valence-corrected chi connectivity index (χ4v) is 2.13. The Bertz CT molecular complexity index is 361. The largest absolute Gasteiger partial charge is 0.472 e. The molecule has 1 aliphatic rings. The summed E-state index contributed by atoms with van der Waals surface area (Å²) in [6, 6.07) is 8.35. The van der Waals surface area contributed by atoms with Gasteiger partial charge >= 0.3 is 0 Å². The Kier molecular flexibility index (Phi) is 3.83. The highest BCUT2D eigenvalue weighted by Gasteiger charge is 2.19. The minimum Gasteiger partial charge on any atom is -0.472 e. The maximum Gasteiger partial charge on any atom is 0.273 e. The normalized spacial score (nSPS) is 20.8. The second kappa shape index (κ2) is 5.35. The van der Waals surface area contributed by atoms with E-state index in [1.165, 1.54) is 5.56 Å². The number of hydrogen-bond donors (Lipinski definition) is 0. The molecule has 85 valence electrons. The van der Waals surface area contributed by atoms with E-state index in [4.69, 9.17) is 16.3 Å². The number of halogens is 1. The van der Waals surface area contributed by atoms with Gasteiger partial charge in [-0.15, -0.1) is 0 Å². The standard InChI is InChI=1S/C13H15ClNO/c1-2-10(7-13-8-16-9-15-13)11-3-5-12(14)6-4-11/h3-6,10,13H,2,7-8H2,1H3. The average molecular weight is 237 g/mol. The number of nitrogens with zero attached hydrogens (tertiary/aromatic N) is 1. The van der Waals surface area contributed by atoms with Gasteiger partial charge < -0.3 is 4.74 Å². The molecule has 1 radical (unpaired) electrons. The van der Waals surface area contributed by atoms with Crippen molar-refractivity contribution in [3.63, 3.8) is 0 Å². The van der Waals surface area contributed by atoms with Gasteiger partial charge in [0.05, 0.1) is 6.04 Å². The van der Waals surface area contributed by atoms with Crippen molar-refractivity contribution in [1.29, 1.82) is 0 Å². The molecule has 1 aromatic rings. The zero-order chi connectivity index (χ0) is 11.4. The van der Waals surface area contributed by atoms with Crippen molar-refractivity contribution >= 4 is 18.0 Å². The Labute approximate surface area is 101 Å². The highest BCUT2D eigenvalue weighted by atomic mass is 35.5. The minimum atomic E-state index is 0.264. The summed E-state index contributed by atoms with van der Waals surface area (Å²) in [5.74, 6) is 0.523. The molecule has 3 heteroatoms. The van der Waals surface area contributed by atoms with Gasteiger partial charge in [-0.05, 0) is 36.5 Å². The Morgan fingerprint density at radius 1 is 1.50 bits per heavy atom. The monoisotopic (exact) mass is 236 g/mol. The molecule has 2 atom stereocenters. The lowest BCUT2D eigenvalue weighted by Gasteiger charge is -2.17. The van der Waals surface area contributed by atoms with Gasteiger partial charge in [0, 0.05) is 5.02 Å². The second-order valence-electron chi connectivity index (χ2n) is 4.08. The van der Waals surface area contributed by atoms with Gasteiger partial charge in [0.25, 0.3) is 6.40 Å². The highest BCUT2D eigenvalue weighted by Crippen LogP contribution is 2.27. The van der Waals surface area contributed by atoms with Crippen LogP contribution in [0.25, 0.3) is 0 Å². The quantitative estimate of drug-likeness (QED) is 0.784. The van der Waals surface area contributed by atoms with Crippen molar-refractivity contribution in [3.05, 3.63) is 34.9 Å². The third kappa shape index (κ3) is 2.76. The molecule has 2 rings (SSSR count). The maximum absolute atomic E-state index is 5.88. The van der Waals surface area contributed by atoms with Crippen molar-refractivity contribution in [1.82, 2.24) is 0 Å². The summed E-state index contributed by atoms with van der Waals surface area (Å²) < 4.78 is 5.02. The smallest absolute Gasteiger partial charge is 0.273 e. The zero-order valence-corrected chi connectivity index (χ0v) is 10.1. The van der Waals surface area contributed by atoms with Crippen LogP contribution in [0.4, 0.5) is 0 Å². The van der Waals surface area contributed by atoms with Crippen LogP contribution in [0, 0.1) is 0 Å². The van der Waals surface area contributed by atoms with Gasteiger partial charge in [0.2, 0.25) is 0 Å². The van der Waals surface area contributed by atoms with E-state index < -0.39 is 0 Å². The van der Waals surface area contributed by atoms with Gasteiger partial charge in [-0.25, -0.2) is 4.99 Å². The summed E-state index contributed by atoms with van der Waals surface area (Å²) in [5, 5.41) is 0.786. The Balaban J connectivity index is 2.03. The van der Waals surface area contributed by atoms with Crippen molar-refractivity contribution in [2.75, 3.05) is 6.61 Å². The van der Waals surface area contributed by atoms with Crippen LogP contribution in [0.15, 0.2) is 29.3 Å². The predicted octanol–water partition coefficient (Wildman–Crippen LogP) is 3.53. The molecular weight excluding hydrogens is 222 g/mol. The van der Waals surface area contributed by atoms with Gasteiger partial charge in [0.1, 0.15) is 6.61 Å². The van der Waals surface area contributed by atoms with Crippen molar-refractivity contribution in [2.45, 2.75) is 31.7 Å². The van der Waals surface area contributed by atoms with Crippen LogP contribution in [-0.4, -0.2) is 19.0 Å². The molecule has 0 fully saturated rings. The zero-order valence-electron chi connectivity index (χ0n) is 9.32. The summed E-state index contributed by atoms with van der Waals surface area (Å²) >= 11 is 5.88. The lowest BCUT2D eigenvalue weighted by Crippen LogP contribution is -2.12. The Morgan fingerprint density at radius 3 is 2.81 bits per heavy atom. The third-order valence-electron chi connectivity index (χ3n) is 2.97. The summed E-state index contributed by atoms with van der Waals surface area (Å²) in [4.78, 5) is 4.17. The molecule has 0 aromatic heterocycles. The second-order valence-corrected chi connectivity index (χ2v) is 4.51. The summed E-state index contributed by atoms with van der Waals surface area (Å²) in [6.07, 6.45) is 4.69. The topological polar surface area (TPSA) is 21.6 Å². The van der Waals surface area contributed by atoms with E-state index in [1.807, 2.05) is 12.1 Å². The Morgan fingerprint density at radius 2 is 2.25 bits per heavy atom. The van der Waals surface area contributed by atoms with Crippen LogP contribution in [0.3, 0.4) is 0 Å². The van der Waals surface area contributed by atoms with Crippen LogP contribution in [0.5, 0.6) is 0 Å². The van der Waals surface area contributed by atoms with Crippen molar-refractivity contribution < 1.29 is 4.74 Å². The fourth-order valence-electron chi connectivity index (χ4n) is 2.01. The molecule has 0 amide bonds. The molecule has 2 nitrogen and oxygen atoms in total. The highest BCUT2D eigenvalue weighted by molar-refractivity contribution is 6.30. The molecular formula is C13H15ClNO. The molecule has 16 heavy (non-hydrogen) atoms. The number of hydrogen-bond acceptors (Lipinski definition) is 2. The summed E-state index contributed by atoms with van der Waals surface area (Å²) in [6.45, 7) is 2.87. The molecule has 0 saturated carbocycles. The average Bonchev–Trinajstić information content (AvgIpc) is 2.80. The van der Waals surface area contributed by atoms with Crippen molar-refractivity contribution in [2.24, 2.45) is 4.99 Å². The van der Waals surface area contributed by atoms with Gasteiger partial charge in [0.15, 0.2) is 0 Å². The molecule has 0 aliphatic carbocycles. The van der Waals surface area contributed by atoms with Crippen LogP contribution in [-0.2, 0) is 4.74 Å². The predicted molar refractivity (Wildman–Crippen MR) is 66.3 cm³/mol. The molecule has 1 aliphatic heterocycles. The van der Waals surface area contributed by atoms with E-state index in [1.54, 1.807) is 0 Å². The van der Waals surface area contributed by atoms with Crippen LogP contribution in [0.1, 0.15) is 31.2 Å². The van der Waals surface area contributed by atoms with E-state index >= 15 is 0 Å². The SMILES string of the molecule is CCC(CC1CO[C]=N1)c1ccc(Cl)cc1. The van der Waals surface area contributed by atoms with Crippen LogP contribution in [0.2, 0.25) is 5.02 Å². The molecule has 0 spiro atoms. The van der Waals surface area contributed by atoms with E-state index in [0.29, 0.717) is 12.5 Å². The number of ether oxygens (including phenoxy) is 1. The molecule has 1 heterocycles. The lowest BCUT2D eigenvalue weighted by molar-refractivity contribution is 0.314. The van der Waals surface area contributed by atoms with Crippen LogP contribution < -0.4 is 0 Å². The van der Waals surface area contributed by atoms with Crippen molar-refractivity contribution in [3.8, 4) is 0 Å². The summed E-state index contributed by atoms with van der Waals surface area (Å²) in [5.41, 5.74) is 1.33.